The van der Waals surface area contributed by atoms with Gasteiger partial charge in [-0.2, -0.15) is 5.10 Å². The summed E-state index contributed by atoms with van der Waals surface area (Å²) < 4.78 is 10.6. The van der Waals surface area contributed by atoms with E-state index in [4.69, 9.17) is 9.47 Å². The van der Waals surface area contributed by atoms with Crippen LogP contribution in [0.25, 0.3) is 0 Å². The average molecular weight is 346 g/mol. The van der Waals surface area contributed by atoms with Crippen LogP contribution >= 0.6 is 0 Å². The molecule has 0 heterocycles. The second-order valence-corrected chi connectivity index (χ2v) is 5.39. The minimum Gasteiger partial charge on any atom is -0.497 e. The van der Waals surface area contributed by atoms with Crippen LogP contribution in [-0.4, -0.2) is 19.3 Å². The quantitative estimate of drug-likeness (QED) is 0.312. The largest absolute Gasteiger partial charge is 0.497 e. The normalized spacial score (nSPS) is 10.5. The standard InChI is InChI=1S/C21H18N2O3/c1-25-19-13-11-16(12-14-19)21(24)26-20-10-6-5-7-17(20)15-22-23-18-8-3-2-4-9-18/h2-15,23H,1H3. The van der Waals surface area contributed by atoms with E-state index in [1.807, 2.05) is 42.5 Å². The summed E-state index contributed by atoms with van der Waals surface area (Å²) >= 11 is 0. The Kier molecular flexibility index (Phi) is 5.62. The summed E-state index contributed by atoms with van der Waals surface area (Å²) in [6, 6.07) is 23.6. The molecule has 26 heavy (non-hydrogen) atoms. The van der Waals surface area contributed by atoms with Gasteiger partial charge in [0.25, 0.3) is 0 Å². The first-order valence-electron chi connectivity index (χ1n) is 8.05. The van der Waals surface area contributed by atoms with Crippen molar-refractivity contribution >= 4 is 17.9 Å². The molecular formula is C21H18N2O3. The van der Waals surface area contributed by atoms with Gasteiger partial charge in [-0.25, -0.2) is 4.79 Å². The molecule has 5 nitrogen and oxygen atoms in total. The number of hydrogen-bond acceptors (Lipinski definition) is 5. The molecule has 0 atom stereocenters. The monoisotopic (exact) mass is 346 g/mol. The highest BCUT2D eigenvalue weighted by Gasteiger charge is 2.11. The van der Waals surface area contributed by atoms with Crippen molar-refractivity contribution in [2.75, 3.05) is 12.5 Å². The van der Waals surface area contributed by atoms with Crippen molar-refractivity contribution in [3.63, 3.8) is 0 Å². The van der Waals surface area contributed by atoms with E-state index >= 15 is 0 Å². The molecule has 0 radical (unpaired) electrons. The van der Waals surface area contributed by atoms with Gasteiger partial charge < -0.3 is 9.47 Å². The van der Waals surface area contributed by atoms with E-state index in [1.54, 1.807) is 49.7 Å². The first-order valence-corrected chi connectivity index (χ1v) is 8.05. The van der Waals surface area contributed by atoms with E-state index in [0.717, 1.165) is 5.69 Å². The minimum absolute atomic E-state index is 0.437. The van der Waals surface area contributed by atoms with Gasteiger partial charge in [0.05, 0.1) is 24.6 Å². The maximum atomic E-state index is 12.3. The third kappa shape index (κ3) is 4.48. The highest BCUT2D eigenvalue weighted by atomic mass is 16.5. The second-order valence-electron chi connectivity index (χ2n) is 5.39. The van der Waals surface area contributed by atoms with E-state index in [9.17, 15) is 4.79 Å². The number of esters is 1. The Labute approximate surface area is 151 Å². The van der Waals surface area contributed by atoms with Gasteiger partial charge in [-0.3, -0.25) is 5.43 Å². The van der Waals surface area contributed by atoms with Crippen LogP contribution in [0, 0.1) is 0 Å². The fourth-order valence-electron chi connectivity index (χ4n) is 2.26. The molecule has 0 saturated carbocycles. The maximum Gasteiger partial charge on any atom is 0.343 e. The number of anilines is 1. The Balaban J connectivity index is 1.71. The predicted octanol–water partition coefficient (Wildman–Crippen LogP) is 4.36. The molecule has 0 aliphatic heterocycles. The Morgan fingerprint density at radius 2 is 1.62 bits per heavy atom. The first-order chi connectivity index (χ1) is 12.8. The molecular weight excluding hydrogens is 328 g/mol. The molecule has 0 saturated heterocycles. The van der Waals surface area contributed by atoms with Gasteiger partial charge in [0, 0.05) is 5.56 Å². The number of nitrogens with zero attached hydrogens (tertiary/aromatic N) is 1. The Hall–Kier alpha value is -3.60. The summed E-state index contributed by atoms with van der Waals surface area (Å²) in [5.74, 6) is 0.678. The van der Waals surface area contributed by atoms with Crippen LogP contribution in [0.4, 0.5) is 5.69 Å². The molecule has 130 valence electrons. The Morgan fingerprint density at radius 1 is 0.923 bits per heavy atom. The lowest BCUT2D eigenvalue weighted by Crippen LogP contribution is -2.09. The number of para-hydroxylation sites is 2. The van der Waals surface area contributed by atoms with E-state index in [2.05, 4.69) is 10.5 Å². The molecule has 0 bridgehead atoms. The molecule has 0 unspecified atom stereocenters. The van der Waals surface area contributed by atoms with Crippen molar-refractivity contribution in [2.24, 2.45) is 5.10 Å². The maximum absolute atomic E-state index is 12.3. The summed E-state index contributed by atoms with van der Waals surface area (Å²) in [4.78, 5) is 12.3. The first kappa shape index (κ1) is 17.2. The third-order valence-electron chi connectivity index (χ3n) is 3.62. The number of methoxy groups -OCH3 is 1. The molecule has 5 heteroatoms. The molecule has 0 spiro atoms. The molecule has 0 aromatic heterocycles. The van der Waals surface area contributed by atoms with Gasteiger partial charge in [-0.15, -0.1) is 0 Å². The topological polar surface area (TPSA) is 59.9 Å². The smallest absolute Gasteiger partial charge is 0.343 e. The molecule has 3 rings (SSSR count). The van der Waals surface area contributed by atoms with E-state index in [1.165, 1.54) is 0 Å². The van der Waals surface area contributed by atoms with Crippen molar-refractivity contribution < 1.29 is 14.3 Å². The fraction of sp³-hybridized carbons (Fsp3) is 0.0476. The summed E-state index contributed by atoms with van der Waals surface area (Å²) in [5.41, 5.74) is 4.94. The van der Waals surface area contributed by atoms with Crippen LogP contribution in [-0.2, 0) is 0 Å². The predicted molar refractivity (Wildman–Crippen MR) is 102 cm³/mol. The van der Waals surface area contributed by atoms with Crippen LogP contribution in [0.15, 0.2) is 84.0 Å². The summed E-state index contributed by atoms with van der Waals surface area (Å²) in [5, 5.41) is 4.19. The zero-order valence-corrected chi connectivity index (χ0v) is 14.3. The fourth-order valence-corrected chi connectivity index (χ4v) is 2.26. The zero-order valence-electron chi connectivity index (χ0n) is 14.3. The van der Waals surface area contributed by atoms with Gasteiger partial charge >= 0.3 is 5.97 Å². The van der Waals surface area contributed by atoms with Crippen molar-refractivity contribution in [1.29, 1.82) is 0 Å². The van der Waals surface area contributed by atoms with E-state index in [-0.39, 0.29) is 0 Å². The highest BCUT2D eigenvalue weighted by Crippen LogP contribution is 2.19. The number of nitrogens with one attached hydrogen (secondary N) is 1. The lowest BCUT2D eigenvalue weighted by molar-refractivity contribution is 0.0734. The molecule has 0 aliphatic carbocycles. The van der Waals surface area contributed by atoms with Crippen LogP contribution in [0.3, 0.4) is 0 Å². The van der Waals surface area contributed by atoms with E-state index in [0.29, 0.717) is 22.6 Å². The molecule has 0 amide bonds. The van der Waals surface area contributed by atoms with Crippen molar-refractivity contribution in [2.45, 2.75) is 0 Å². The number of benzene rings is 3. The van der Waals surface area contributed by atoms with Gasteiger partial charge in [-0.05, 0) is 48.5 Å². The highest BCUT2D eigenvalue weighted by molar-refractivity contribution is 5.93. The molecule has 1 N–H and O–H groups in total. The average Bonchev–Trinajstić information content (AvgIpc) is 2.70. The van der Waals surface area contributed by atoms with Crippen LogP contribution in [0.5, 0.6) is 11.5 Å². The molecule has 0 fully saturated rings. The minimum atomic E-state index is -0.440. The summed E-state index contributed by atoms with van der Waals surface area (Å²) in [7, 11) is 1.58. The lowest BCUT2D eigenvalue weighted by atomic mass is 10.2. The molecule has 3 aromatic carbocycles. The molecule has 3 aromatic rings. The third-order valence-corrected chi connectivity index (χ3v) is 3.62. The number of hydrogen-bond donors (Lipinski definition) is 1. The Bertz CT molecular complexity index is 891. The van der Waals surface area contributed by atoms with Crippen LogP contribution in [0.2, 0.25) is 0 Å². The zero-order chi connectivity index (χ0) is 18.2. The van der Waals surface area contributed by atoms with Gasteiger partial charge in [0.1, 0.15) is 11.5 Å². The van der Waals surface area contributed by atoms with Crippen LogP contribution in [0.1, 0.15) is 15.9 Å². The second kappa shape index (κ2) is 8.48. The Morgan fingerprint density at radius 3 is 2.35 bits per heavy atom. The van der Waals surface area contributed by atoms with Crippen LogP contribution < -0.4 is 14.9 Å². The van der Waals surface area contributed by atoms with E-state index < -0.39 is 5.97 Å². The van der Waals surface area contributed by atoms with Crippen molar-refractivity contribution in [3.05, 3.63) is 90.0 Å². The van der Waals surface area contributed by atoms with Crippen molar-refractivity contribution in [3.8, 4) is 11.5 Å². The number of ether oxygens (including phenoxy) is 2. The molecule has 0 aliphatic rings. The lowest BCUT2D eigenvalue weighted by Gasteiger charge is -2.08. The number of hydrazone groups is 1. The summed E-state index contributed by atoms with van der Waals surface area (Å²) in [6.45, 7) is 0. The SMILES string of the molecule is COc1ccc(C(=O)Oc2ccccc2C=NNc2ccccc2)cc1. The van der Waals surface area contributed by atoms with Crippen molar-refractivity contribution in [1.82, 2.24) is 0 Å². The van der Waals surface area contributed by atoms with Gasteiger partial charge in [-0.1, -0.05) is 30.3 Å². The van der Waals surface area contributed by atoms with Gasteiger partial charge in [0.15, 0.2) is 0 Å². The number of rotatable bonds is 6. The van der Waals surface area contributed by atoms with Gasteiger partial charge in [0.2, 0.25) is 0 Å². The number of carbonyl (C=O) groups excluding carboxylic acids is 1. The summed E-state index contributed by atoms with van der Waals surface area (Å²) in [6.07, 6.45) is 1.61. The number of carbonyl (C=O) groups is 1.